The van der Waals surface area contributed by atoms with Gasteiger partial charge in [0.1, 0.15) is 5.15 Å². The number of hydrogen-bond donors (Lipinski definition) is 0. The van der Waals surface area contributed by atoms with Crippen molar-refractivity contribution in [2.75, 3.05) is 5.33 Å². The van der Waals surface area contributed by atoms with E-state index in [0.717, 1.165) is 17.3 Å². The minimum Gasteiger partial charge on any atom is -0.235 e. The van der Waals surface area contributed by atoms with Crippen molar-refractivity contribution in [3.63, 3.8) is 0 Å². The van der Waals surface area contributed by atoms with Gasteiger partial charge in [-0.25, -0.2) is 4.98 Å². The van der Waals surface area contributed by atoms with E-state index in [-0.39, 0.29) is 0 Å². The number of thiophene rings is 1. The number of pyridine rings is 1. The molecular formula is C9H7BrClNS. The van der Waals surface area contributed by atoms with Crippen LogP contribution in [0.5, 0.6) is 0 Å². The summed E-state index contributed by atoms with van der Waals surface area (Å²) in [6.07, 6.45) is 1.05. The minimum atomic E-state index is 0.565. The van der Waals surface area contributed by atoms with Crippen LogP contribution in [0.4, 0.5) is 0 Å². The van der Waals surface area contributed by atoms with Gasteiger partial charge in [-0.2, -0.15) is 0 Å². The van der Waals surface area contributed by atoms with E-state index in [0.29, 0.717) is 5.15 Å². The Morgan fingerprint density at radius 2 is 2.31 bits per heavy atom. The number of hydrogen-bond acceptors (Lipinski definition) is 2. The number of fused-ring (bicyclic) bond motifs is 1. The Morgan fingerprint density at radius 1 is 1.46 bits per heavy atom. The maximum absolute atomic E-state index is 5.79. The van der Waals surface area contributed by atoms with E-state index in [4.69, 9.17) is 11.6 Å². The first-order chi connectivity index (χ1) is 6.29. The normalized spacial score (nSPS) is 10.9. The van der Waals surface area contributed by atoms with E-state index in [9.17, 15) is 0 Å². The third-order valence-corrected chi connectivity index (χ3v) is 3.49. The zero-order chi connectivity index (χ0) is 9.26. The van der Waals surface area contributed by atoms with Crippen LogP contribution in [0.2, 0.25) is 5.15 Å². The van der Waals surface area contributed by atoms with Crippen LogP contribution in [-0.4, -0.2) is 10.3 Å². The lowest BCUT2D eigenvalue weighted by Crippen LogP contribution is -1.77. The van der Waals surface area contributed by atoms with Crippen molar-refractivity contribution in [1.82, 2.24) is 4.98 Å². The van der Waals surface area contributed by atoms with Crippen LogP contribution in [0.15, 0.2) is 18.2 Å². The Balaban J connectivity index is 2.49. The van der Waals surface area contributed by atoms with Crippen LogP contribution in [0, 0.1) is 0 Å². The van der Waals surface area contributed by atoms with E-state index in [2.05, 4.69) is 27.0 Å². The van der Waals surface area contributed by atoms with Gasteiger partial charge in [0, 0.05) is 10.2 Å². The summed E-state index contributed by atoms with van der Waals surface area (Å²) in [7, 11) is 0. The molecule has 0 amide bonds. The average molecular weight is 277 g/mol. The number of aromatic nitrogens is 1. The quantitative estimate of drug-likeness (QED) is 0.599. The maximum atomic E-state index is 5.79. The molecule has 0 aliphatic rings. The molecule has 0 spiro atoms. The SMILES string of the molecule is Clc1ccc2sc(CCBr)cc2n1. The maximum Gasteiger partial charge on any atom is 0.129 e. The largest absolute Gasteiger partial charge is 0.235 e. The summed E-state index contributed by atoms with van der Waals surface area (Å²) in [5, 5.41) is 1.56. The standard InChI is InChI=1S/C9H7BrClNS/c10-4-3-6-5-7-8(13-6)1-2-9(11)12-7/h1-2,5H,3-4H2. The van der Waals surface area contributed by atoms with Crippen molar-refractivity contribution in [1.29, 1.82) is 0 Å². The highest BCUT2D eigenvalue weighted by Crippen LogP contribution is 2.26. The van der Waals surface area contributed by atoms with Gasteiger partial charge in [0.15, 0.2) is 0 Å². The molecular weight excluding hydrogens is 270 g/mol. The van der Waals surface area contributed by atoms with Gasteiger partial charge in [-0.05, 0) is 24.6 Å². The Bertz CT molecular complexity index is 426. The summed E-state index contributed by atoms with van der Waals surface area (Å²) < 4.78 is 1.21. The number of nitrogens with zero attached hydrogens (tertiary/aromatic N) is 1. The van der Waals surface area contributed by atoms with Crippen LogP contribution >= 0.6 is 38.9 Å². The van der Waals surface area contributed by atoms with Crippen LogP contribution in [0.25, 0.3) is 10.2 Å². The first kappa shape index (κ1) is 9.44. The molecule has 2 aromatic heterocycles. The highest BCUT2D eigenvalue weighted by Gasteiger charge is 2.02. The molecule has 0 bridgehead atoms. The van der Waals surface area contributed by atoms with Crippen molar-refractivity contribution >= 4 is 49.1 Å². The zero-order valence-corrected chi connectivity index (χ0v) is 9.92. The zero-order valence-electron chi connectivity index (χ0n) is 6.76. The first-order valence-corrected chi connectivity index (χ1v) is 6.22. The van der Waals surface area contributed by atoms with Gasteiger partial charge in [-0.1, -0.05) is 27.5 Å². The summed E-state index contributed by atoms with van der Waals surface area (Å²) >= 11 is 11.0. The number of alkyl halides is 1. The van der Waals surface area contributed by atoms with Gasteiger partial charge >= 0.3 is 0 Å². The van der Waals surface area contributed by atoms with Gasteiger partial charge in [0.05, 0.1) is 10.2 Å². The third-order valence-electron chi connectivity index (χ3n) is 1.73. The molecule has 1 nitrogen and oxygen atoms in total. The molecule has 0 aliphatic heterocycles. The molecule has 2 aromatic rings. The van der Waals surface area contributed by atoms with Crippen molar-refractivity contribution in [3.05, 3.63) is 28.2 Å². The third kappa shape index (κ3) is 2.03. The van der Waals surface area contributed by atoms with Crippen LogP contribution in [0.3, 0.4) is 0 Å². The van der Waals surface area contributed by atoms with Crippen LogP contribution in [0.1, 0.15) is 4.88 Å². The predicted octanol–water partition coefficient (Wildman–Crippen LogP) is 3.89. The summed E-state index contributed by atoms with van der Waals surface area (Å²) in [5.41, 5.74) is 1.01. The molecule has 68 valence electrons. The average Bonchev–Trinajstić information content (AvgIpc) is 2.46. The van der Waals surface area contributed by atoms with E-state index >= 15 is 0 Å². The molecule has 4 heteroatoms. The fourth-order valence-corrected chi connectivity index (χ4v) is 3.01. The topological polar surface area (TPSA) is 12.9 Å². The molecule has 0 aromatic carbocycles. The molecule has 0 saturated carbocycles. The van der Waals surface area contributed by atoms with E-state index in [1.165, 1.54) is 9.58 Å². The Labute approximate surface area is 93.9 Å². The lowest BCUT2D eigenvalue weighted by molar-refractivity contribution is 1.22. The Hall–Kier alpha value is -0.120. The Morgan fingerprint density at radius 3 is 3.08 bits per heavy atom. The van der Waals surface area contributed by atoms with Gasteiger partial charge in [0.25, 0.3) is 0 Å². The molecule has 13 heavy (non-hydrogen) atoms. The molecule has 0 N–H and O–H groups in total. The van der Waals surface area contributed by atoms with E-state index < -0.39 is 0 Å². The lowest BCUT2D eigenvalue weighted by atomic mass is 10.3. The fourth-order valence-electron chi connectivity index (χ4n) is 1.17. The molecule has 0 aliphatic carbocycles. The second kappa shape index (κ2) is 3.95. The molecule has 0 radical (unpaired) electrons. The lowest BCUT2D eigenvalue weighted by Gasteiger charge is -1.87. The van der Waals surface area contributed by atoms with Gasteiger partial charge in [0.2, 0.25) is 0 Å². The van der Waals surface area contributed by atoms with Crippen molar-refractivity contribution < 1.29 is 0 Å². The highest BCUT2D eigenvalue weighted by molar-refractivity contribution is 9.09. The van der Waals surface area contributed by atoms with Crippen LogP contribution < -0.4 is 0 Å². The Kier molecular flexibility index (Phi) is 2.86. The predicted molar refractivity (Wildman–Crippen MR) is 62.1 cm³/mol. The van der Waals surface area contributed by atoms with Gasteiger partial charge in [-0.15, -0.1) is 11.3 Å². The van der Waals surface area contributed by atoms with Gasteiger partial charge < -0.3 is 0 Å². The molecule has 0 saturated heterocycles. The fraction of sp³-hybridized carbons (Fsp3) is 0.222. The summed E-state index contributed by atoms with van der Waals surface area (Å²) in [5.74, 6) is 0. The molecule has 0 atom stereocenters. The van der Waals surface area contributed by atoms with Crippen molar-refractivity contribution in [3.8, 4) is 0 Å². The minimum absolute atomic E-state index is 0.565. The summed E-state index contributed by atoms with van der Waals surface area (Å²) in [4.78, 5) is 5.59. The molecule has 2 heterocycles. The second-order valence-corrected chi connectivity index (χ2v) is 5.02. The van der Waals surface area contributed by atoms with Crippen molar-refractivity contribution in [2.45, 2.75) is 6.42 Å². The second-order valence-electron chi connectivity index (χ2n) is 2.67. The number of rotatable bonds is 2. The summed E-state index contributed by atoms with van der Waals surface area (Å²) in [6.45, 7) is 0. The monoisotopic (exact) mass is 275 g/mol. The van der Waals surface area contributed by atoms with Gasteiger partial charge in [-0.3, -0.25) is 0 Å². The molecule has 0 fully saturated rings. The smallest absolute Gasteiger partial charge is 0.129 e. The van der Waals surface area contributed by atoms with E-state index in [1.54, 1.807) is 11.3 Å². The summed E-state index contributed by atoms with van der Waals surface area (Å²) in [6, 6.07) is 5.96. The first-order valence-electron chi connectivity index (χ1n) is 3.90. The van der Waals surface area contributed by atoms with Crippen molar-refractivity contribution in [2.24, 2.45) is 0 Å². The van der Waals surface area contributed by atoms with E-state index in [1.807, 2.05) is 12.1 Å². The molecule has 2 rings (SSSR count). The highest BCUT2D eigenvalue weighted by atomic mass is 79.9. The number of aryl methyl sites for hydroxylation is 1. The molecule has 0 unspecified atom stereocenters. The number of halogens is 2. The van der Waals surface area contributed by atoms with Crippen LogP contribution in [-0.2, 0) is 6.42 Å².